The van der Waals surface area contributed by atoms with Crippen molar-refractivity contribution in [2.24, 2.45) is 0 Å². The van der Waals surface area contributed by atoms with Gasteiger partial charge in [0.15, 0.2) is 0 Å². The molecule has 2 heteroatoms. The molecule has 2 rings (SSSR count). The molecule has 0 atom stereocenters. The molecule has 0 N–H and O–H groups in total. The summed E-state index contributed by atoms with van der Waals surface area (Å²) < 4.78 is 12.9. The van der Waals surface area contributed by atoms with Crippen molar-refractivity contribution in [3.05, 3.63) is 54.0 Å². The highest BCUT2D eigenvalue weighted by Crippen LogP contribution is 2.30. The SMILES string of the molecule is CC(C)(C)c1cccnc1-c1ccc(F)cc1. The third-order valence-electron chi connectivity index (χ3n) is 2.73. The summed E-state index contributed by atoms with van der Waals surface area (Å²) in [6.07, 6.45) is 1.77. The van der Waals surface area contributed by atoms with Gasteiger partial charge in [-0.15, -0.1) is 0 Å². The van der Waals surface area contributed by atoms with Gasteiger partial charge in [-0.25, -0.2) is 4.39 Å². The van der Waals surface area contributed by atoms with E-state index in [0.29, 0.717) is 0 Å². The molecule has 0 amide bonds. The number of nitrogens with zero attached hydrogens (tertiary/aromatic N) is 1. The first-order valence-corrected chi connectivity index (χ1v) is 5.70. The van der Waals surface area contributed by atoms with Gasteiger partial charge in [0.2, 0.25) is 0 Å². The van der Waals surface area contributed by atoms with Crippen molar-refractivity contribution >= 4 is 0 Å². The Morgan fingerprint density at radius 2 is 1.65 bits per heavy atom. The van der Waals surface area contributed by atoms with Gasteiger partial charge >= 0.3 is 0 Å². The Morgan fingerprint density at radius 1 is 1.00 bits per heavy atom. The van der Waals surface area contributed by atoms with E-state index in [2.05, 4.69) is 31.8 Å². The smallest absolute Gasteiger partial charge is 0.123 e. The van der Waals surface area contributed by atoms with Gasteiger partial charge in [-0.05, 0) is 41.3 Å². The van der Waals surface area contributed by atoms with Crippen molar-refractivity contribution in [2.75, 3.05) is 0 Å². The molecule has 0 saturated carbocycles. The third kappa shape index (κ3) is 2.52. The van der Waals surface area contributed by atoms with E-state index in [-0.39, 0.29) is 11.2 Å². The maximum atomic E-state index is 12.9. The minimum absolute atomic E-state index is 0.0258. The number of rotatable bonds is 1. The fraction of sp³-hybridized carbons (Fsp3) is 0.267. The molecule has 0 bridgehead atoms. The summed E-state index contributed by atoms with van der Waals surface area (Å²) in [6, 6.07) is 10.5. The zero-order chi connectivity index (χ0) is 12.5. The number of pyridine rings is 1. The lowest BCUT2D eigenvalue weighted by molar-refractivity contribution is 0.589. The van der Waals surface area contributed by atoms with Crippen LogP contribution in [0.3, 0.4) is 0 Å². The highest BCUT2D eigenvalue weighted by Gasteiger charge is 2.19. The second-order valence-electron chi connectivity index (χ2n) is 5.16. The molecule has 17 heavy (non-hydrogen) atoms. The van der Waals surface area contributed by atoms with E-state index in [9.17, 15) is 4.39 Å². The second-order valence-corrected chi connectivity index (χ2v) is 5.16. The summed E-state index contributed by atoms with van der Waals surface area (Å²) in [7, 11) is 0. The summed E-state index contributed by atoms with van der Waals surface area (Å²) in [5, 5.41) is 0. The molecule has 1 aromatic carbocycles. The van der Waals surface area contributed by atoms with Crippen LogP contribution >= 0.6 is 0 Å². The predicted octanol–water partition coefficient (Wildman–Crippen LogP) is 4.19. The van der Waals surface area contributed by atoms with E-state index in [0.717, 1.165) is 11.3 Å². The first-order valence-electron chi connectivity index (χ1n) is 5.70. The van der Waals surface area contributed by atoms with Gasteiger partial charge < -0.3 is 0 Å². The quantitative estimate of drug-likeness (QED) is 0.714. The van der Waals surface area contributed by atoms with Crippen LogP contribution in [0.15, 0.2) is 42.6 Å². The number of aromatic nitrogens is 1. The Labute approximate surface area is 101 Å². The van der Waals surface area contributed by atoms with Crippen LogP contribution in [0.2, 0.25) is 0 Å². The van der Waals surface area contributed by atoms with Crippen molar-refractivity contribution in [3.8, 4) is 11.3 Å². The molecule has 0 saturated heterocycles. The Morgan fingerprint density at radius 3 is 2.24 bits per heavy atom. The van der Waals surface area contributed by atoms with Gasteiger partial charge in [-0.1, -0.05) is 26.8 Å². The van der Waals surface area contributed by atoms with Crippen molar-refractivity contribution in [1.82, 2.24) is 4.98 Å². The Bertz CT molecular complexity index is 509. The topological polar surface area (TPSA) is 12.9 Å². The van der Waals surface area contributed by atoms with Crippen LogP contribution in [0.4, 0.5) is 4.39 Å². The van der Waals surface area contributed by atoms with E-state index in [1.54, 1.807) is 18.3 Å². The van der Waals surface area contributed by atoms with Crippen LogP contribution < -0.4 is 0 Å². The molecular weight excluding hydrogens is 213 g/mol. The van der Waals surface area contributed by atoms with Crippen LogP contribution in [0.1, 0.15) is 26.3 Å². The van der Waals surface area contributed by atoms with Gasteiger partial charge in [0.25, 0.3) is 0 Å². The standard InChI is InChI=1S/C15H16FN/c1-15(2,3)13-5-4-10-17-14(13)11-6-8-12(16)9-7-11/h4-10H,1-3H3. The molecule has 88 valence electrons. The molecule has 0 aliphatic rings. The lowest BCUT2D eigenvalue weighted by Crippen LogP contribution is -2.13. The van der Waals surface area contributed by atoms with E-state index in [1.807, 2.05) is 6.07 Å². The molecule has 1 aromatic heterocycles. The number of hydrogen-bond acceptors (Lipinski definition) is 1. The van der Waals surface area contributed by atoms with E-state index >= 15 is 0 Å². The molecule has 1 heterocycles. The molecule has 0 fully saturated rings. The zero-order valence-corrected chi connectivity index (χ0v) is 10.4. The molecule has 0 aliphatic carbocycles. The Balaban J connectivity index is 2.56. The van der Waals surface area contributed by atoms with E-state index in [4.69, 9.17) is 0 Å². The normalized spacial score (nSPS) is 11.5. The first-order chi connectivity index (χ1) is 7.98. The summed E-state index contributed by atoms with van der Waals surface area (Å²) >= 11 is 0. The second kappa shape index (κ2) is 4.28. The summed E-state index contributed by atoms with van der Waals surface area (Å²) in [6.45, 7) is 6.45. The van der Waals surface area contributed by atoms with Crippen LogP contribution in [0, 0.1) is 5.82 Å². The lowest BCUT2D eigenvalue weighted by atomic mass is 9.84. The maximum Gasteiger partial charge on any atom is 0.123 e. The van der Waals surface area contributed by atoms with Gasteiger partial charge in [-0.2, -0.15) is 0 Å². The monoisotopic (exact) mass is 229 g/mol. The minimum atomic E-state index is -0.220. The molecule has 0 unspecified atom stereocenters. The van der Waals surface area contributed by atoms with Crippen molar-refractivity contribution in [3.63, 3.8) is 0 Å². The maximum absolute atomic E-state index is 12.9. The first kappa shape index (κ1) is 11.8. The molecule has 0 spiro atoms. The third-order valence-corrected chi connectivity index (χ3v) is 2.73. The van der Waals surface area contributed by atoms with Crippen LogP contribution in [-0.2, 0) is 5.41 Å². The Hall–Kier alpha value is -1.70. The molecular formula is C15H16FN. The molecule has 2 aromatic rings. The number of halogens is 1. The van der Waals surface area contributed by atoms with Crippen molar-refractivity contribution in [1.29, 1.82) is 0 Å². The van der Waals surface area contributed by atoms with E-state index < -0.39 is 0 Å². The van der Waals surface area contributed by atoms with Crippen LogP contribution in [-0.4, -0.2) is 4.98 Å². The minimum Gasteiger partial charge on any atom is -0.256 e. The number of benzene rings is 1. The average molecular weight is 229 g/mol. The highest BCUT2D eigenvalue weighted by atomic mass is 19.1. The summed E-state index contributed by atoms with van der Waals surface area (Å²) in [4.78, 5) is 4.42. The largest absolute Gasteiger partial charge is 0.256 e. The molecule has 0 radical (unpaired) electrons. The number of hydrogen-bond donors (Lipinski definition) is 0. The van der Waals surface area contributed by atoms with Crippen molar-refractivity contribution < 1.29 is 4.39 Å². The van der Waals surface area contributed by atoms with Gasteiger partial charge in [0.1, 0.15) is 5.82 Å². The van der Waals surface area contributed by atoms with E-state index in [1.165, 1.54) is 17.7 Å². The van der Waals surface area contributed by atoms with Gasteiger partial charge in [0, 0.05) is 11.8 Å². The van der Waals surface area contributed by atoms with Gasteiger partial charge in [-0.3, -0.25) is 4.98 Å². The molecule has 1 nitrogen and oxygen atoms in total. The fourth-order valence-electron chi connectivity index (χ4n) is 1.85. The van der Waals surface area contributed by atoms with Gasteiger partial charge in [0.05, 0.1) is 5.69 Å². The highest BCUT2D eigenvalue weighted by molar-refractivity contribution is 5.64. The lowest BCUT2D eigenvalue weighted by Gasteiger charge is -2.22. The van der Waals surface area contributed by atoms with Crippen LogP contribution in [0.5, 0.6) is 0 Å². The summed E-state index contributed by atoms with van der Waals surface area (Å²) in [5.74, 6) is -0.220. The van der Waals surface area contributed by atoms with Crippen molar-refractivity contribution in [2.45, 2.75) is 26.2 Å². The van der Waals surface area contributed by atoms with Crippen LogP contribution in [0.25, 0.3) is 11.3 Å². The predicted molar refractivity (Wildman–Crippen MR) is 68.3 cm³/mol. The zero-order valence-electron chi connectivity index (χ0n) is 10.4. The Kier molecular flexibility index (Phi) is 2.97. The fourth-order valence-corrected chi connectivity index (χ4v) is 1.85. The average Bonchev–Trinajstić information content (AvgIpc) is 2.29. The summed E-state index contributed by atoms with van der Waals surface area (Å²) in [5.41, 5.74) is 3.08. The molecule has 0 aliphatic heterocycles.